The molecule has 1 atom stereocenters. The molecule has 0 bridgehead atoms. The maximum atomic E-state index is 13.1. The quantitative estimate of drug-likeness (QED) is 0.707. The maximum Gasteiger partial charge on any atom is 0.340 e. The van der Waals surface area contributed by atoms with E-state index in [1.54, 1.807) is 7.05 Å². The normalized spacial score (nSPS) is 17.2. The van der Waals surface area contributed by atoms with Gasteiger partial charge in [0.15, 0.2) is 6.10 Å². The van der Waals surface area contributed by atoms with Crippen molar-refractivity contribution in [1.29, 1.82) is 5.26 Å². The second-order valence-corrected chi connectivity index (χ2v) is 7.13. The van der Waals surface area contributed by atoms with E-state index in [-0.39, 0.29) is 10.0 Å². The van der Waals surface area contributed by atoms with Crippen molar-refractivity contribution in [3.63, 3.8) is 0 Å². The SMILES string of the molecule is C[C@@H](OC(=O)c1ccc(F)cc1Br)C(=O)N(C)C1(C#N)CCCCC1. The van der Waals surface area contributed by atoms with Crippen LogP contribution in [0.25, 0.3) is 0 Å². The molecule has 0 spiro atoms. The highest BCUT2D eigenvalue weighted by atomic mass is 79.9. The molecule has 1 aliphatic carbocycles. The Labute approximate surface area is 154 Å². The third kappa shape index (κ3) is 4.18. The Balaban J connectivity index is 2.09. The van der Waals surface area contributed by atoms with Gasteiger partial charge in [-0.2, -0.15) is 5.26 Å². The van der Waals surface area contributed by atoms with Crippen LogP contribution in [0.5, 0.6) is 0 Å². The molecule has 0 radical (unpaired) electrons. The number of benzene rings is 1. The lowest BCUT2D eigenvalue weighted by Crippen LogP contribution is -2.53. The van der Waals surface area contributed by atoms with E-state index in [1.807, 2.05) is 0 Å². The summed E-state index contributed by atoms with van der Waals surface area (Å²) in [5.41, 5.74) is -0.705. The number of amides is 1. The Morgan fingerprint density at radius 3 is 2.56 bits per heavy atom. The van der Waals surface area contributed by atoms with E-state index in [2.05, 4.69) is 22.0 Å². The van der Waals surface area contributed by atoms with Crippen LogP contribution in [0.4, 0.5) is 4.39 Å². The van der Waals surface area contributed by atoms with Crippen molar-refractivity contribution >= 4 is 27.8 Å². The monoisotopic (exact) mass is 410 g/mol. The van der Waals surface area contributed by atoms with Crippen LogP contribution in [-0.4, -0.2) is 35.5 Å². The standard InChI is InChI=1S/C18H20BrFN2O3/c1-12(25-17(24)14-7-6-13(20)10-15(14)19)16(23)22(2)18(11-21)8-4-3-5-9-18/h6-7,10,12H,3-5,8-9H2,1-2H3/t12-/m1/s1. The van der Waals surface area contributed by atoms with Gasteiger partial charge >= 0.3 is 5.97 Å². The van der Waals surface area contributed by atoms with Gasteiger partial charge in [-0.3, -0.25) is 4.79 Å². The molecule has 1 fully saturated rings. The lowest BCUT2D eigenvalue weighted by molar-refractivity contribution is -0.143. The number of ether oxygens (including phenoxy) is 1. The van der Waals surface area contributed by atoms with E-state index in [4.69, 9.17) is 4.74 Å². The number of halogens is 2. The Morgan fingerprint density at radius 1 is 1.36 bits per heavy atom. The zero-order valence-electron chi connectivity index (χ0n) is 14.2. The number of hydrogen-bond donors (Lipinski definition) is 0. The van der Waals surface area contributed by atoms with E-state index in [9.17, 15) is 19.2 Å². The Morgan fingerprint density at radius 2 is 2.00 bits per heavy atom. The average molecular weight is 411 g/mol. The third-order valence-corrected chi connectivity index (χ3v) is 5.30. The third-order valence-electron chi connectivity index (χ3n) is 4.64. The van der Waals surface area contributed by atoms with Crippen LogP contribution < -0.4 is 0 Å². The van der Waals surface area contributed by atoms with E-state index in [1.165, 1.54) is 17.9 Å². The van der Waals surface area contributed by atoms with Crippen LogP contribution in [0.2, 0.25) is 0 Å². The molecule has 0 aromatic heterocycles. The van der Waals surface area contributed by atoms with Crippen LogP contribution in [0.3, 0.4) is 0 Å². The summed E-state index contributed by atoms with van der Waals surface area (Å²) < 4.78 is 18.6. The highest BCUT2D eigenvalue weighted by Gasteiger charge is 2.40. The summed E-state index contributed by atoms with van der Waals surface area (Å²) in [4.78, 5) is 26.3. The largest absolute Gasteiger partial charge is 0.449 e. The predicted octanol–water partition coefficient (Wildman–Crippen LogP) is 3.82. The summed E-state index contributed by atoms with van der Waals surface area (Å²) in [6.07, 6.45) is 3.03. The van der Waals surface area contributed by atoms with Crippen molar-refractivity contribution in [3.8, 4) is 6.07 Å². The van der Waals surface area contributed by atoms with Crippen LogP contribution in [0.1, 0.15) is 49.4 Å². The van der Waals surface area contributed by atoms with Gasteiger partial charge in [0.25, 0.3) is 5.91 Å². The summed E-state index contributed by atoms with van der Waals surface area (Å²) in [6.45, 7) is 1.47. The molecular formula is C18H20BrFN2O3. The minimum atomic E-state index is -1.04. The molecule has 7 heteroatoms. The van der Waals surface area contributed by atoms with Gasteiger partial charge in [0.1, 0.15) is 11.4 Å². The van der Waals surface area contributed by atoms with E-state index in [0.717, 1.165) is 31.4 Å². The number of rotatable bonds is 4. The molecule has 1 saturated carbocycles. The summed E-state index contributed by atoms with van der Waals surface area (Å²) in [7, 11) is 1.58. The van der Waals surface area contributed by atoms with Gasteiger partial charge in [0.05, 0.1) is 11.6 Å². The smallest absolute Gasteiger partial charge is 0.340 e. The summed E-state index contributed by atoms with van der Waals surface area (Å²) in [5, 5.41) is 9.57. The fourth-order valence-electron chi connectivity index (χ4n) is 3.07. The average Bonchev–Trinajstić information content (AvgIpc) is 2.60. The van der Waals surface area contributed by atoms with Crippen molar-refractivity contribution in [2.75, 3.05) is 7.05 Å². The minimum absolute atomic E-state index is 0.136. The van der Waals surface area contributed by atoms with Crippen molar-refractivity contribution in [2.24, 2.45) is 0 Å². The van der Waals surface area contributed by atoms with Crippen molar-refractivity contribution in [2.45, 2.75) is 50.7 Å². The zero-order chi connectivity index (χ0) is 18.6. The van der Waals surface area contributed by atoms with Crippen LogP contribution in [0, 0.1) is 17.1 Å². The maximum absolute atomic E-state index is 13.1. The lowest BCUT2D eigenvalue weighted by Gasteiger charge is -2.39. The van der Waals surface area contributed by atoms with E-state index < -0.39 is 29.3 Å². The number of esters is 1. The second kappa shape index (κ2) is 7.96. The molecule has 0 aliphatic heterocycles. The molecule has 25 heavy (non-hydrogen) atoms. The highest BCUT2D eigenvalue weighted by molar-refractivity contribution is 9.10. The van der Waals surface area contributed by atoms with Crippen molar-refractivity contribution < 1.29 is 18.7 Å². The van der Waals surface area contributed by atoms with Gasteiger partial charge in [-0.05, 0) is 53.9 Å². The molecule has 0 saturated heterocycles. The van der Waals surface area contributed by atoms with Gasteiger partial charge in [-0.1, -0.05) is 19.3 Å². The van der Waals surface area contributed by atoms with Gasteiger partial charge < -0.3 is 9.64 Å². The van der Waals surface area contributed by atoms with Crippen LogP contribution in [-0.2, 0) is 9.53 Å². The van der Waals surface area contributed by atoms with Gasteiger partial charge in [0.2, 0.25) is 0 Å². The molecule has 0 N–H and O–H groups in total. The van der Waals surface area contributed by atoms with Crippen molar-refractivity contribution in [1.82, 2.24) is 4.90 Å². The van der Waals surface area contributed by atoms with Gasteiger partial charge in [0, 0.05) is 11.5 Å². The van der Waals surface area contributed by atoms with Gasteiger partial charge in [-0.25, -0.2) is 9.18 Å². The second-order valence-electron chi connectivity index (χ2n) is 6.27. The molecule has 0 unspecified atom stereocenters. The lowest BCUT2D eigenvalue weighted by atomic mass is 9.81. The number of nitriles is 1. The summed E-state index contributed by atoms with van der Waals surface area (Å²) >= 11 is 3.11. The molecule has 2 rings (SSSR count). The van der Waals surface area contributed by atoms with E-state index in [0.29, 0.717) is 12.8 Å². The van der Waals surface area contributed by atoms with Crippen LogP contribution >= 0.6 is 15.9 Å². The Hall–Kier alpha value is -1.94. The number of hydrogen-bond acceptors (Lipinski definition) is 4. The Kier molecular flexibility index (Phi) is 6.17. The molecule has 1 amide bonds. The number of likely N-dealkylation sites (N-methyl/N-ethyl adjacent to an activating group) is 1. The fraction of sp³-hybridized carbons (Fsp3) is 0.500. The summed E-state index contributed by atoms with van der Waals surface area (Å²) in [5.74, 6) is -1.63. The first-order valence-electron chi connectivity index (χ1n) is 8.16. The zero-order valence-corrected chi connectivity index (χ0v) is 15.8. The number of carbonyl (C=O) groups excluding carboxylic acids is 2. The Bertz CT molecular complexity index is 711. The van der Waals surface area contributed by atoms with Crippen LogP contribution in [0.15, 0.2) is 22.7 Å². The molecule has 1 aromatic carbocycles. The molecule has 5 nitrogen and oxygen atoms in total. The number of carbonyl (C=O) groups is 2. The van der Waals surface area contributed by atoms with Gasteiger partial charge in [-0.15, -0.1) is 0 Å². The molecule has 0 heterocycles. The topological polar surface area (TPSA) is 70.4 Å². The predicted molar refractivity (Wildman–Crippen MR) is 93.2 cm³/mol. The first-order chi connectivity index (χ1) is 11.8. The first kappa shape index (κ1) is 19.4. The molecule has 1 aromatic rings. The number of nitrogens with zero attached hydrogens (tertiary/aromatic N) is 2. The summed E-state index contributed by atoms with van der Waals surface area (Å²) in [6, 6.07) is 5.86. The molecular weight excluding hydrogens is 391 g/mol. The van der Waals surface area contributed by atoms with E-state index >= 15 is 0 Å². The fourth-order valence-corrected chi connectivity index (χ4v) is 3.58. The minimum Gasteiger partial charge on any atom is -0.449 e. The first-order valence-corrected chi connectivity index (χ1v) is 8.95. The van der Waals surface area contributed by atoms with Crippen molar-refractivity contribution in [3.05, 3.63) is 34.1 Å². The highest BCUT2D eigenvalue weighted by Crippen LogP contribution is 2.33. The molecule has 134 valence electrons. The molecule has 1 aliphatic rings.